The van der Waals surface area contributed by atoms with Crippen LogP contribution in [0, 0.1) is 0 Å². The Balaban J connectivity index is 2.16. The van der Waals surface area contributed by atoms with E-state index in [4.69, 9.17) is 5.73 Å². The third-order valence-electron chi connectivity index (χ3n) is 3.18. The van der Waals surface area contributed by atoms with Gasteiger partial charge in [0.15, 0.2) is 0 Å². The lowest BCUT2D eigenvalue weighted by Gasteiger charge is -2.14. The van der Waals surface area contributed by atoms with Crippen LogP contribution in [0.1, 0.15) is 25.3 Å². The first-order valence-corrected chi connectivity index (χ1v) is 6.82. The Morgan fingerprint density at radius 3 is 2.67 bits per heavy atom. The molecule has 2 rings (SSSR count). The number of rotatable bonds is 4. The Bertz CT molecular complexity index is 705. The number of carbonyl (C=O) groups is 1. The second kappa shape index (κ2) is 6.26. The van der Waals surface area contributed by atoms with Crippen molar-refractivity contribution in [3.05, 3.63) is 58.5 Å². The molecule has 1 aromatic heterocycles. The number of anilines is 2. The zero-order valence-corrected chi connectivity index (χ0v) is 12.2. The van der Waals surface area contributed by atoms with Gasteiger partial charge in [0.1, 0.15) is 6.54 Å². The van der Waals surface area contributed by atoms with Crippen molar-refractivity contribution in [2.24, 2.45) is 0 Å². The van der Waals surface area contributed by atoms with Crippen LogP contribution in [0.4, 0.5) is 11.4 Å². The normalized spacial score (nSPS) is 10.6. The summed E-state index contributed by atoms with van der Waals surface area (Å²) in [6.07, 6.45) is 1.47. The molecule has 0 aliphatic carbocycles. The van der Waals surface area contributed by atoms with Gasteiger partial charge in [-0.05, 0) is 23.6 Å². The molecule has 0 bridgehead atoms. The number of hydrogen-bond donors (Lipinski definition) is 2. The predicted molar refractivity (Wildman–Crippen MR) is 84.3 cm³/mol. The number of carbonyl (C=O) groups excluding carboxylic acids is 1. The van der Waals surface area contributed by atoms with Crippen molar-refractivity contribution >= 4 is 17.3 Å². The third-order valence-corrected chi connectivity index (χ3v) is 3.18. The van der Waals surface area contributed by atoms with Crippen molar-refractivity contribution in [2.75, 3.05) is 11.1 Å². The highest BCUT2D eigenvalue weighted by atomic mass is 16.2. The molecule has 0 aliphatic heterocycles. The molecule has 3 N–H and O–H groups in total. The summed E-state index contributed by atoms with van der Waals surface area (Å²) in [7, 11) is 0. The number of pyridine rings is 1. The molecule has 1 aromatic carbocycles. The molecule has 0 atom stereocenters. The molecular formula is C16H19N3O2. The lowest BCUT2D eigenvalue weighted by Crippen LogP contribution is -2.27. The van der Waals surface area contributed by atoms with Gasteiger partial charge in [0.2, 0.25) is 5.91 Å². The number of nitrogens with zero attached hydrogens (tertiary/aromatic N) is 1. The number of nitrogen functional groups attached to an aromatic ring is 1. The predicted octanol–water partition coefficient (Wildman–Crippen LogP) is 2.19. The van der Waals surface area contributed by atoms with Crippen LogP contribution < -0.4 is 16.6 Å². The van der Waals surface area contributed by atoms with E-state index >= 15 is 0 Å². The lowest BCUT2D eigenvalue weighted by atomic mass is 10.0. The molecule has 0 spiro atoms. The number of para-hydroxylation sites is 1. The maximum absolute atomic E-state index is 12.1. The summed E-state index contributed by atoms with van der Waals surface area (Å²) in [5.41, 5.74) is 7.66. The number of benzene rings is 1. The second-order valence-corrected chi connectivity index (χ2v) is 5.22. The zero-order valence-electron chi connectivity index (χ0n) is 12.2. The fourth-order valence-electron chi connectivity index (χ4n) is 2.13. The summed E-state index contributed by atoms with van der Waals surface area (Å²) in [5, 5.41) is 2.85. The molecule has 0 unspecified atom stereocenters. The van der Waals surface area contributed by atoms with E-state index in [1.807, 2.05) is 24.3 Å². The van der Waals surface area contributed by atoms with Crippen LogP contribution in [0.25, 0.3) is 0 Å². The van der Waals surface area contributed by atoms with Crippen molar-refractivity contribution < 1.29 is 4.79 Å². The SMILES string of the molecule is CC(C)c1ccccc1NC(=O)Cn1cc(N)ccc1=O. The van der Waals surface area contributed by atoms with E-state index in [-0.39, 0.29) is 18.0 Å². The van der Waals surface area contributed by atoms with E-state index in [1.165, 1.54) is 22.9 Å². The molecule has 110 valence electrons. The molecule has 0 fully saturated rings. The zero-order chi connectivity index (χ0) is 15.4. The Morgan fingerprint density at radius 1 is 1.24 bits per heavy atom. The number of hydrogen-bond acceptors (Lipinski definition) is 3. The average Bonchev–Trinajstić information content (AvgIpc) is 2.43. The number of nitrogens with one attached hydrogen (secondary N) is 1. The number of amides is 1. The summed E-state index contributed by atoms with van der Waals surface area (Å²) < 4.78 is 1.29. The first kappa shape index (κ1) is 14.8. The van der Waals surface area contributed by atoms with Crippen molar-refractivity contribution in [2.45, 2.75) is 26.3 Å². The fraction of sp³-hybridized carbons (Fsp3) is 0.250. The van der Waals surface area contributed by atoms with Crippen LogP contribution in [-0.4, -0.2) is 10.5 Å². The minimum atomic E-state index is -0.254. The van der Waals surface area contributed by atoms with Gasteiger partial charge < -0.3 is 15.6 Å². The number of nitrogens with two attached hydrogens (primary N) is 1. The summed E-state index contributed by atoms with van der Waals surface area (Å²) in [5.74, 6) is 0.0485. The maximum Gasteiger partial charge on any atom is 0.251 e. The fourth-order valence-corrected chi connectivity index (χ4v) is 2.13. The van der Waals surface area contributed by atoms with Gasteiger partial charge in [0.05, 0.1) is 0 Å². The van der Waals surface area contributed by atoms with Crippen LogP contribution in [-0.2, 0) is 11.3 Å². The third kappa shape index (κ3) is 3.72. The Kier molecular flexibility index (Phi) is 4.42. The molecule has 1 heterocycles. The van der Waals surface area contributed by atoms with E-state index in [0.717, 1.165) is 11.3 Å². The summed E-state index contributed by atoms with van der Waals surface area (Å²) in [6, 6.07) is 10.5. The van der Waals surface area contributed by atoms with E-state index < -0.39 is 0 Å². The van der Waals surface area contributed by atoms with Crippen molar-refractivity contribution in [1.82, 2.24) is 4.57 Å². The highest BCUT2D eigenvalue weighted by molar-refractivity contribution is 5.91. The summed E-state index contributed by atoms with van der Waals surface area (Å²) in [4.78, 5) is 23.8. The topological polar surface area (TPSA) is 77.1 Å². The van der Waals surface area contributed by atoms with E-state index in [1.54, 1.807) is 0 Å². The van der Waals surface area contributed by atoms with Crippen molar-refractivity contribution in [3.63, 3.8) is 0 Å². The molecule has 0 aliphatic rings. The molecule has 0 saturated carbocycles. The van der Waals surface area contributed by atoms with Gasteiger partial charge in [-0.25, -0.2) is 0 Å². The highest BCUT2D eigenvalue weighted by Crippen LogP contribution is 2.23. The van der Waals surface area contributed by atoms with Gasteiger partial charge >= 0.3 is 0 Å². The first-order valence-electron chi connectivity index (χ1n) is 6.82. The van der Waals surface area contributed by atoms with E-state index in [2.05, 4.69) is 19.2 Å². The monoisotopic (exact) mass is 285 g/mol. The standard InChI is InChI=1S/C16H19N3O2/c1-11(2)13-5-3-4-6-14(13)18-15(20)10-19-9-12(17)7-8-16(19)21/h3-9,11H,10,17H2,1-2H3,(H,18,20). The van der Waals surface area contributed by atoms with Crippen molar-refractivity contribution in [3.8, 4) is 0 Å². The van der Waals surface area contributed by atoms with Gasteiger partial charge in [-0.1, -0.05) is 32.0 Å². The van der Waals surface area contributed by atoms with Crippen LogP contribution in [0.2, 0.25) is 0 Å². The Morgan fingerprint density at radius 2 is 1.95 bits per heavy atom. The maximum atomic E-state index is 12.1. The first-order chi connectivity index (χ1) is 9.97. The van der Waals surface area contributed by atoms with Gasteiger partial charge in [0.25, 0.3) is 5.56 Å². The van der Waals surface area contributed by atoms with Crippen LogP contribution in [0.3, 0.4) is 0 Å². The van der Waals surface area contributed by atoms with Gasteiger partial charge in [-0.3, -0.25) is 9.59 Å². The molecule has 0 radical (unpaired) electrons. The molecule has 5 heteroatoms. The smallest absolute Gasteiger partial charge is 0.251 e. The minimum absolute atomic E-state index is 0.0592. The second-order valence-electron chi connectivity index (χ2n) is 5.22. The lowest BCUT2D eigenvalue weighted by molar-refractivity contribution is -0.116. The molecule has 2 aromatic rings. The highest BCUT2D eigenvalue weighted by Gasteiger charge is 2.10. The van der Waals surface area contributed by atoms with Crippen molar-refractivity contribution in [1.29, 1.82) is 0 Å². The largest absolute Gasteiger partial charge is 0.398 e. The van der Waals surface area contributed by atoms with Gasteiger partial charge in [-0.2, -0.15) is 0 Å². The van der Waals surface area contributed by atoms with Gasteiger partial charge in [0, 0.05) is 23.6 Å². The summed E-state index contributed by atoms with van der Waals surface area (Å²) >= 11 is 0. The molecule has 21 heavy (non-hydrogen) atoms. The van der Waals surface area contributed by atoms with Gasteiger partial charge in [-0.15, -0.1) is 0 Å². The minimum Gasteiger partial charge on any atom is -0.398 e. The molecule has 1 amide bonds. The summed E-state index contributed by atoms with van der Waals surface area (Å²) in [6.45, 7) is 4.07. The quantitative estimate of drug-likeness (QED) is 0.904. The Hall–Kier alpha value is -2.56. The van der Waals surface area contributed by atoms with E-state index in [0.29, 0.717) is 11.6 Å². The van der Waals surface area contributed by atoms with Crippen LogP contribution >= 0.6 is 0 Å². The molecular weight excluding hydrogens is 266 g/mol. The molecule has 5 nitrogen and oxygen atoms in total. The van der Waals surface area contributed by atoms with E-state index in [9.17, 15) is 9.59 Å². The Labute approximate surface area is 123 Å². The average molecular weight is 285 g/mol. The van der Waals surface area contributed by atoms with Crippen LogP contribution in [0.5, 0.6) is 0 Å². The van der Waals surface area contributed by atoms with Crippen LogP contribution in [0.15, 0.2) is 47.4 Å². The molecule has 0 saturated heterocycles. The number of aromatic nitrogens is 1.